The molecule has 0 aliphatic rings. The summed E-state index contributed by atoms with van der Waals surface area (Å²) in [4.78, 5) is 31.0. The molecule has 29 heavy (non-hydrogen) atoms. The summed E-state index contributed by atoms with van der Waals surface area (Å²) >= 11 is 5.04. The van der Waals surface area contributed by atoms with Crippen molar-refractivity contribution in [3.05, 3.63) is 87.2 Å². The first-order valence-corrected chi connectivity index (χ1v) is 10.6. The second-order valence-corrected chi connectivity index (χ2v) is 8.38. The van der Waals surface area contributed by atoms with E-state index in [1.165, 1.54) is 0 Å². The van der Waals surface area contributed by atoms with Crippen molar-refractivity contribution in [2.75, 3.05) is 6.61 Å². The van der Waals surface area contributed by atoms with Crippen LogP contribution in [0.4, 0.5) is 0 Å². The van der Waals surface area contributed by atoms with E-state index >= 15 is 0 Å². The molecule has 0 atom stereocenters. The molecule has 2 heterocycles. The third-order valence-electron chi connectivity index (χ3n) is 4.49. The highest BCUT2D eigenvalue weighted by Crippen LogP contribution is 2.31. The molecule has 0 radical (unpaired) electrons. The number of halogens is 1. The lowest BCUT2D eigenvalue weighted by Crippen LogP contribution is -2.15. The first-order chi connectivity index (χ1) is 14.0. The number of benzene rings is 2. The average molecular weight is 466 g/mol. The van der Waals surface area contributed by atoms with Gasteiger partial charge in [0.15, 0.2) is 12.4 Å². The van der Waals surface area contributed by atoms with Crippen LogP contribution in [0.1, 0.15) is 26.3 Å². The third kappa shape index (κ3) is 4.13. The van der Waals surface area contributed by atoms with Gasteiger partial charge in [0.2, 0.25) is 0 Å². The number of carbonyl (C=O) groups excluding carboxylic acids is 2. The smallest absolute Gasteiger partial charge is 0.339 e. The van der Waals surface area contributed by atoms with E-state index in [-0.39, 0.29) is 12.4 Å². The van der Waals surface area contributed by atoms with Gasteiger partial charge in [-0.3, -0.25) is 4.79 Å². The third-order valence-corrected chi connectivity index (χ3v) is 5.84. The van der Waals surface area contributed by atoms with Gasteiger partial charge in [0.1, 0.15) is 0 Å². The number of ether oxygens (including phenoxy) is 1. The number of hydrogen-bond donors (Lipinski definition) is 0. The summed E-state index contributed by atoms with van der Waals surface area (Å²) in [6, 6.07) is 18.2. The van der Waals surface area contributed by atoms with Gasteiger partial charge in [-0.1, -0.05) is 52.3 Å². The molecule has 6 heteroatoms. The van der Waals surface area contributed by atoms with Crippen LogP contribution in [0.25, 0.3) is 21.5 Å². The number of Topliss-reactive ketones (excluding diaryl/α,β-unsaturated/α-hetero) is 1. The normalized spacial score (nSPS) is 10.8. The molecule has 0 aliphatic carbocycles. The van der Waals surface area contributed by atoms with Gasteiger partial charge in [-0.05, 0) is 42.1 Å². The van der Waals surface area contributed by atoms with Crippen molar-refractivity contribution in [2.45, 2.75) is 6.92 Å². The van der Waals surface area contributed by atoms with Gasteiger partial charge < -0.3 is 4.74 Å². The van der Waals surface area contributed by atoms with Gasteiger partial charge in [-0.25, -0.2) is 9.78 Å². The molecule has 0 aliphatic heterocycles. The molecule has 144 valence electrons. The van der Waals surface area contributed by atoms with E-state index in [1.807, 2.05) is 42.6 Å². The largest absolute Gasteiger partial charge is 0.454 e. The van der Waals surface area contributed by atoms with E-state index in [1.54, 1.807) is 41.7 Å². The lowest BCUT2D eigenvalue weighted by molar-refractivity contribution is 0.0476. The topological polar surface area (TPSA) is 56.3 Å². The number of hydrogen-bond acceptors (Lipinski definition) is 5. The minimum absolute atomic E-state index is 0.242. The monoisotopic (exact) mass is 465 g/mol. The summed E-state index contributed by atoms with van der Waals surface area (Å²) in [7, 11) is 0. The molecule has 0 spiro atoms. The number of fused-ring (bicyclic) bond motifs is 1. The molecule has 0 fully saturated rings. The maximum Gasteiger partial charge on any atom is 0.339 e. The number of ketones is 1. The minimum atomic E-state index is -0.544. The van der Waals surface area contributed by atoms with Crippen molar-refractivity contribution in [1.82, 2.24) is 4.98 Å². The fourth-order valence-electron chi connectivity index (χ4n) is 3.09. The van der Waals surface area contributed by atoms with E-state index < -0.39 is 5.97 Å². The number of aryl methyl sites for hydroxylation is 1. The Morgan fingerprint density at radius 1 is 1.07 bits per heavy atom. The first kappa shape index (κ1) is 19.5. The van der Waals surface area contributed by atoms with Crippen molar-refractivity contribution in [1.29, 1.82) is 0 Å². The van der Waals surface area contributed by atoms with Crippen molar-refractivity contribution in [3.63, 3.8) is 0 Å². The van der Waals surface area contributed by atoms with E-state index in [0.717, 1.165) is 20.4 Å². The highest BCUT2D eigenvalue weighted by molar-refractivity contribution is 9.10. The van der Waals surface area contributed by atoms with Crippen molar-refractivity contribution < 1.29 is 14.3 Å². The Bertz CT molecular complexity index is 1200. The van der Waals surface area contributed by atoms with Gasteiger partial charge >= 0.3 is 5.97 Å². The van der Waals surface area contributed by atoms with Gasteiger partial charge in [-0.2, -0.15) is 0 Å². The fraction of sp³-hybridized carbons (Fsp3) is 0.0870. The summed E-state index contributed by atoms with van der Waals surface area (Å²) in [5.74, 6) is -0.787. The van der Waals surface area contributed by atoms with Gasteiger partial charge in [0, 0.05) is 15.4 Å². The molecular formula is C23H16BrNO3S. The molecule has 0 saturated heterocycles. The summed E-state index contributed by atoms with van der Waals surface area (Å²) in [6.45, 7) is 1.64. The average Bonchev–Trinajstić information content (AvgIpc) is 3.26. The quantitative estimate of drug-likeness (QED) is 0.265. The summed E-state index contributed by atoms with van der Waals surface area (Å²) in [5, 5.41) is 2.65. The lowest BCUT2D eigenvalue weighted by Gasteiger charge is -2.11. The van der Waals surface area contributed by atoms with E-state index in [0.29, 0.717) is 22.2 Å². The number of pyridine rings is 1. The second-order valence-electron chi connectivity index (χ2n) is 6.52. The number of aromatic nitrogens is 1. The van der Waals surface area contributed by atoms with Crippen LogP contribution in [-0.4, -0.2) is 23.3 Å². The molecule has 0 saturated carbocycles. The number of rotatable bonds is 5. The maximum absolute atomic E-state index is 12.9. The van der Waals surface area contributed by atoms with Gasteiger partial charge in [0.05, 0.1) is 21.7 Å². The Hall–Kier alpha value is -2.83. The van der Waals surface area contributed by atoms with Crippen LogP contribution < -0.4 is 0 Å². The molecule has 2 aromatic carbocycles. The second kappa shape index (κ2) is 8.27. The Kier molecular flexibility index (Phi) is 5.56. The Morgan fingerprint density at radius 2 is 1.86 bits per heavy atom. The molecular weight excluding hydrogens is 450 g/mol. The zero-order chi connectivity index (χ0) is 20.4. The van der Waals surface area contributed by atoms with Crippen LogP contribution in [0.2, 0.25) is 0 Å². The molecule has 0 N–H and O–H groups in total. The molecule has 0 unspecified atom stereocenters. The van der Waals surface area contributed by atoms with Crippen LogP contribution in [0.15, 0.2) is 70.5 Å². The predicted molar refractivity (Wildman–Crippen MR) is 119 cm³/mol. The van der Waals surface area contributed by atoms with Crippen LogP contribution in [0.5, 0.6) is 0 Å². The fourth-order valence-corrected chi connectivity index (χ4v) is 4.35. The van der Waals surface area contributed by atoms with Gasteiger partial charge in [-0.15, -0.1) is 11.3 Å². The maximum atomic E-state index is 12.9. The Morgan fingerprint density at radius 3 is 2.59 bits per heavy atom. The van der Waals surface area contributed by atoms with Crippen LogP contribution in [0, 0.1) is 6.92 Å². The summed E-state index contributed by atoms with van der Waals surface area (Å²) < 4.78 is 6.23. The highest BCUT2D eigenvalue weighted by Gasteiger charge is 2.19. The summed E-state index contributed by atoms with van der Waals surface area (Å²) in [6.07, 6.45) is 0. The zero-order valence-electron chi connectivity index (χ0n) is 15.5. The minimum Gasteiger partial charge on any atom is -0.454 e. The van der Waals surface area contributed by atoms with Crippen LogP contribution >= 0.6 is 27.3 Å². The van der Waals surface area contributed by atoms with E-state index in [9.17, 15) is 9.59 Å². The molecule has 0 amide bonds. The summed E-state index contributed by atoms with van der Waals surface area (Å²) in [5.41, 5.74) is 3.29. The number of esters is 1. The zero-order valence-corrected chi connectivity index (χ0v) is 17.9. The predicted octanol–water partition coefficient (Wildman–Crippen LogP) is 6.07. The standard InChI is InChI=1S/C23H16BrNO3S/c1-14-10-16(24)11-17-18(12-19(25-22(14)17)21-8-5-9-29-21)23(27)28-13-20(26)15-6-3-2-4-7-15/h2-12H,13H2,1H3. The van der Waals surface area contributed by atoms with Crippen LogP contribution in [-0.2, 0) is 4.74 Å². The molecule has 2 aromatic heterocycles. The number of nitrogens with zero attached hydrogens (tertiary/aromatic N) is 1. The van der Waals surface area contributed by atoms with Gasteiger partial charge in [0.25, 0.3) is 0 Å². The molecule has 0 bridgehead atoms. The molecule has 4 nitrogen and oxygen atoms in total. The molecule has 4 rings (SSSR count). The Labute approximate surface area is 180 Å². The number of carbonyl (C=O) groups is 2. The van der Waals surface area contributed by atoms with E-state index in [4.69, 9.17) is 9.72 Å². The molecule has 4 aromatic rings. The Balaban J connectivity index is 1.71. The SMILES string of the molecule is Cc1cc(Br)cc2c(C(=O)OCC(=O)c3ccccc3)cc(-c3cccs3)nc12. The van der Waals surface area contributed by atoms with Crippen molar-refractivity contribution in [3.8, 4) is 10.6 Å². The number of thiophene rings is 1. The van der Waals surface area contributed by atoms with E-state index in [2.05, 4.69) is 15.9 Å². The highest BCUT2D eigenvalue weighted by atomic mass is 79.9. The van der Waals surface area contributed by atoms with Crippen LogP contribution in [0.3, 0.4) is 0 Å². The van der Waals surface area contributed by atoms with Crippen molar-refractivity contribution in [2.24, 2.45) is 0 Å². The van der Waals surface area contributed by atoms with Crippen molar-refractivity contribution >= 4 is 49.9 Å². The lowest BCUT2D eigenvalue weighted by atomic mass is 10.0. The first-order valence-electron chi connectivity index (χ1n) is 8.93.